The predicted octanol–water partition coefficient (Wildman–Crippen LogP) is 1.28. The normalized spacial score (nSPS) is 24.1. The Morgan fingerprint density at radius 3 is 2.67 bits per heavy atom. The standard InChI is InChI=1S/C9H14O3/c1-6-4-8(9(10)11-3)12-5-7(6)2/h8H,4-5H2,1-3H3. The van der Waals surface area contributed by atoms with Crippen LogP contribution in [0.15, 0.2) is 11.1 Å². The lowest BCUT2D eigenvalue weighted by atomic mass is 10.0. The van der Waals surface area contributed by atoms with Gasteiger partial charge in [-0.15, -0.1) is 0 Å². The van der Waals surface area contributed by atoms with Crippen molar-refractivity contribution in [1.82, 2.24) is 0 Å². The van der Waals surface area contributed by atoms with Gasteiger partial charge in [0.25, 0.3) is 0 Å². The number of ether oxygens (including phenoxy) is 2. The maximum atomic E-state index is 11.0. The molecule has 0 fully saturated rings. The molecule has 0 radical (unpaired) electrons. The van der Waals surface area contributed by atoms with Crippen LogP contribution in [-0.2, 0) is 14.3 Å². The molecule has 68 valence electrons. The highest BCUT2D eigenvalue weighted by Gasteiger charge is 2.24. The molecule has 0 aromatic heterocycles. The minimum absolute atomic E-state index is 0.276. The number of carbonyl (C=O) groups is 1. The second-order valence-corrected chi connectivity index (χ2v) is 3.09. The van der Waals surface area contributed by atoms with E-state index in [9.17, 15) is 4.79 Å². The third-order valence-electron chi connectivity index (χ3n) is 2.19. The summed E-state index contributed by atoms with van der Waals surface area (Å²) in [4.78, 5) is 11.0. The fourth-order valence-electron chi connectivity index (χ4n) is 1.14. The van der Waals surface area contributed by atoms with Crippen molar-refractivity contribution in [2.75, 3.05) is 13.7 Å². The van der Waals surface area contributed by atoms with E-state index in [1.165, 1.54) is 18.3 Å². The Labute approximate surface area is 72.4 Å². The molecule has 0 N–H and O–H groups in total. The van der Waals surface area contributed by atoms with Gasteiger partial charge in [-0.05, 0) is 19.4 Å². The van der Waals surface area contributed by atoms with Gasteiger partial charge in [-0.2, -0.15) is 0 Å². The average molecular weight is 170 g/mol. The van der Waals surface area contributed by atoms with Crippen LogP contribution in [0.4, 0.5) is 0 Å². The van der Waals surface area contributed by atoms with E-state index < -0.39 is 6.10 Å². The molecular formula is C9H14O3. The lowest BCUT2D eigenvalue weighted by molar-refractivity contribution is -0.154. The van der Waals surface area contributed by atoms with E-state index in [1.54, 1.807) is 0 Å². The average Bonchev–Trinajstić information content (AvgIpc) is 2.08. The van der Waals surface area contributed by atoms with Crippen LogP contribution in [0.2, 0.25) is 0 Å². The highest BCUT2D eigenvalue weighted by atomic mass is 16.6. The van der Waals surface area contributed by atoms with E-state index in [0.717, 1.165) is 0 Å². The zero-order chi connectivity index (χ0) is 9.14. The highest BCUT2D eigenvalue weighted by Crippen LogP contribution is 2.20. The molecule has 0 spiro atoms. The first-order valence-corrected chi connectivity index (χ1v) is 3.99. The molecule has 12 heavy (non-hydrogen) atoms. The van der Waals surface area contributed by atoms with Gasteiger partial charge in [-0.25, -0.2) is 4.79 Å². The Morgan fingerprint density at radius 2 is 2.17 bits per heavy atom. The second kappa shape index (κ2) is 3.72. The molecule has 0 aliphatic carbocycles. The lowest BCUT2D eigenvalue weighted by Crippen LogP contribution is -2.29. The Hall–Kier alpha value is -0.830. The zero-order valence-electron chi connectivity index (χ0n) is 7.72. The van der Waals surface area contributed by atoms with E-state index in [1.807, 2.05) is 13.8 Å². The number of methoxy groups -OCH3 is 1. The summed E-state index contributed by atoms with van der Waals surface area (Å²) in [6, 6.07) is 0. The van der Waals surface area contributed by atoms with Crippen LogP contribution in [0.25, 0.3) is 0 Å². The fourth-order valence-corrected chi connectivity index (χ4v) is 1.14. The van der Waals surface area contributed by atoms with Crippen molar-refractivity contribution in [2.24, 2.45) is 0 Å². The van der Waals surface area contributed by atoms with Crippen molar-refractivity contribution in [3.05, 3.63) is 11.1 Å². The maximum absolute atomic E-state index is 11.0. The van der Waals surface area contributed by atoms with Crippen molar-refractivity contribution in [3.63, 3.8) is 0 Å². The van der Waals surface area contributed by atoms with Crippen LogP contribution in [0.3, 0.4) is 0 Å². The second-order valence-electron chi connectivity index (χ2n) is 3.09. The number of esters is 1. The first-order valence-electron chi connectivity index (χ1n) is 3.99. The molecule has 0 aromatic rings. The van der Waals surface area contributed by atoms with E-state index in [2.05, 4.69) is 4.74 Å². The highest BCUT2D eigenvalue weighted by molar-refractivity contribution is 5.75. The quantitative estimate of drug-likeness (QED) is 0.439. The molecule has 1 rings (SSSR count). The molecule has 3 heteroatoms. The van der Waals surface area contributed by atoms with Crippen molar-refractivity contribution in [3.8, 4) is 0 Å². The van der Waals surface area contributed by atoms with Crippen molar-refractivity contribution >= 4 is 5.97 Å². The smallest absolute Gasteiger partial charge is 0.335 e. The SMILES string of the molecule is COC(=O)C1CC(C)=C(C)CO1. The van der Waals surface area contributed by atoms with E-state index >= 15 is 0 Å². The summed E-state index contributed by atoms with van der Waals surface area (Å²) in [5, 5.41) is 0. The molecule has 3 nitrogen and oxygen atoms in total. The van der Waals surface area contributed by atoms with Crippen LogP contribution in [0, 0.1) is 0 Å². The predicted molar refractivity (Wildman–Crippen MR) is 44.7 cm³/mol. The number of hydrogen-bond donors (Lipinski definition) is 0. The van der Waals surface area contributed by atoms with E-state index in [-0.39, 0.29) is 5.97 Å². The third-order valence-corrected chi connectivity index (χ3v) is 2.19. The van der Waals surface area contributed by atoms with Gasteiger partial charge in [0.15, 0.2) is 6.10 Å². The zero-order valence-corrected chi connectivity index (χ0v) is 7.72. The topological polar surface area (TPSA) is 35.5 Å². The summed E-state index contributed by atoms with van der Waals surface area (Å²) in [6.45, 7) is 4.59. The van der Waals surface area contributed by atoms with Crippen LogP contribution < -0.4 is 0 Å². The van der Waals surface area contributed by atoms with Crippen LogP contribution in [0.5, 0.6) is 0 Å². The van der Waals surface area contributed by atoms with Crippen molar-refractivity contribution in [2.45, 2.75) is 26.4 Å². The summed E-state index contributed by atoms with van der Waals surface area (Å²) in [5.74, 6) is -0.276. The Balaban J connectivity index is 2.60. The monoisotopic (exact) mass is 170 g/mol. The van der Waals surface area contributed by atoms with Gasteiger partial charge in [0.1, 0.15) is 0 Å². The lowest BCUT2D eigenvalue weighted by Gasteiger charge is -2.22. The molecule has 0 amide bonds. The molecule has 1 aliphatic heterocycles. The van der Waals surface area contributed by atoms with Gasteiger partial charge >= 0.3 is 5.97 Å². The molecule has 1 heterocycles. The third kappa shape index (κ3) is 1.85. The van der Waals surface area contributed by atoms with Gasteiger partial charge < -0.3 is 9.47 Å². The number of carbonyl (C=O) groups excluding carboxylic acids is 1. The molecule has 0 bridgehead atoms. The molecule has 1 unspecified atom stereocenters. The van der Waals surface area contributed by atoms with Gasteiger partial charge in [-0.3, -0.25) is 0 Å². The molecule has 0 saturated carbocycles. The summed E-state index contributed by atoms with van der Waals surface area (Å²) in [6.07, 6.45) is 0.275. The summed E-state index contributed by atoms with van der Waals surface area (Å²) >= 11 is 0. The molecule has 1 atom stereocenters. The number of hydrogen-bond acceptors (Lipinski definition) is 3. The molecule has 0 saturated heterocycles. The van der Waals surface area contributed by atoms with Gasteiger partial charge in [-0.1, -0.05) is 5.57 Å². The largest absolute Gasteiger partial charge is 0.467 e. The van der Waals surface area contributed by atoms with Crippen LogP contribution in [-0.4, -0.2) is 25.8 Å². The Kier molecular flexibility index (Phi) is 2.87. The van der Waals surface area contributed by atoms with Crippen molar-refractivity contribution in [1.29, 1.82) is 0 Å². The van der Waals surface area contributed by atoms with Crippen LogP contribution in [0.1, 0.15) is 20.3 Å². The molecule has 0 aromatic carbocycles. The van der Waals surface area contributed by atoms with Gasteiger partial charge in [0.05, 0.1) is 13.7 Å². The number of rotatable bonds is 1. The minimum atomic E-state index is -0.390. The van der Waals surface area contributed by atoms with E-state index in [4.69, 9.17) is 4.74 Å². The van der Waals surface area contributed by atoms with Gasteiger partial charge in [0.2, 0.25) is 0 Å². The Morgan fingerprint density at radius 1 is 1.50 bits per heavy atom. The van der Waals surface area contributed by atoms with Crippen LogP contribution >= 0.6 is 0 Å². The summed E-state index contributed by atoms with van der Waals surface area (Å²) < 4.78 is 9.87. The van der Waals surface area contributed by atoms with E-state index in [0.29, 0.717) is 13.0 Å². The fraction of sp³-hybridized carbons (Fsp3) is 0.667. The summed E-state index contributed by atoms with van der Waals surface area (Å²) in [5.41, 5.74) is 2.45. The maximum Gasteiger partial charge on any atom is 0.335 e. The van der Waals surface area contributed by atoms with Gasteiger partial charge in [0, 0.05) is 6.42 Å². The first kappa shape index (κ1) is 9.26. The van der Waals surface area contributed by atoms with Crippen molar-refractivity contribution < 1.29 is 14.3 Å². The first-order chi connectivity index (χ1) is 5.65. The molecular weight excluding hydrogens is 156 g/mol. The minimum Gasteiger partial charge on any atom is -0.467 e. The Bertz CT molecular complexity index is 218. The molecule has 1 aliphatic rings. The summed E-state index contributed by atoms with van der Waals surface area (Å²) in [7, 11) is 1.38.